The molecule has 1 nitrogen and oxygen atoms in total. The molecule has 0 heterocycles. The molecule has 1 aromatic carbocycles. The van der Waals surface area contributed by atoms with E-state index in [9.17, 15) is 0 Å². The fourth-order valence-electron chi connectivity index (χ4n) is 1.80. The van der Waals surface area contributed by atoms with Crippen molar-refractivity contribution in [2.24, 2.45) is 0 Å². The van der Waals surface area contributed by atoms with Gasteiger partial charge in [0.15, 0.2) is 0 Å². The first-order valence-corrected chi connectivity index (χ1v) is 6.09. The molecule has 1 heteroatoms. The van der Waals surface area contributed by atoms with Crippen LogP contribution in [0.2, 0.25) is 0 Å². The van der Waals surface area contributed by atoms with Crippen molar-refractivity contribution >= 4 is 5.57 Å². The van der Waals surface area contributed by atoms with E-state index < -0.39 is 0 Å². The Kier molecular flexibility index (Phi) is 5.87. The van der Waals surface area contributed by atoms with Crippen molar-refractivity contribution in [2.75, 3.05) is 0 Å². The molecular weight excluding hydrogens is 196 g/mol. The fraction of sp³-hybridized carbons (Fsp3) is 0.467. The van der Waals surface area contributed by atoms with Gasteiger partial charge in [-0.2, -0.15) is 0 Å². The van der Waals surface area contributed by atoms with Gasteiger partial charge >= 0.3 is 0 Å². The van der Waals surface area contributed by atoms with Crippen molar-refractivity contribution in [3.8, 4) is 0 Å². The number of aliphatic hydroxyl groups excluding tert-OH is 1. The van der Waals surface area contributed by atoms with Gasteiger partial charge in [-0.1, -0.05) is 61.7 Å². The third-order valence-electron chi connectivity index (χ3n) is 2.84. The molecule has 0 atom stereocenters. The van der Waals surface area contributed by atoms with Crippen LogP contribution in [0, 0.1) is 0 Å². The van der Waals surface area contributed by atoms with Crippen LogP contribution in [0.5, 0.6) is 0 Å². The molecule has 0 unspecified atom stereocenters. The number of hydrogen-bond donors (Lipinski definition) is 1. The average molecular weight is 218 g/mol. The van der Waals surface area contributed by atoms with Crippen LogP contribution in [0.4, 0.5) is 0 Å². The summed E-state index contributed by atoms with van der Waals surface area (Å²) >= 11 is 0. The van der Waals surface area contributed by atoms with Crippen molar-refractivity contribution in [2.45, 2.75) is 45.1 Å². The van der Waals surface area contributed by atoms with E-state index in [1.165, 1.54) is 24.8 Å². The number of allylic oxidation sites excluding steroid dienone is 1. The molecule has 2 rings (SSSR count). The molecule has 0 aromatic heterocycles. The normalized spacial score (nSPS) is 16.1. The predicted molar refractivity (Wildman–Crippen MR) is 70.2 cm³/mol. The highest BCUT2D eigenvalue weighted by atomic mass is 16.3. The van der Waals surface area contributed by atoms with E-state index in [0.29, 0.717) is 0 Å². The Labute approximate surface area is 98.8 Å². The van der Waals surface area contributed by atoms with Crippen LogP contribution >= 0.6 is 0 Å². The lowest BCUT2D eigenvalue weighted by molar-refractivity contribution is 0.130. The summed E-state index contributed by atoms with van der Waals surface area (Å²) in [6.07, 6.45) is 5.92. The molecule has 1 saturated carbocycles. The zero-order valence-electron chi connectivity index (χ0n) is 10.2. The van der Waals surface area contributed by atoms with E-state index in [4.69, 9.17) is 5.11 Å². The van der Waals surface area contributed by atoms with Crippen molar-refractivity contribution in [1.82, 2.24) is 0 Å². The van der Waals surface area contributed by atoms with E-state index in [1.54, 1.807) is 0 Å². The average Bonchev–Trinajstić information content (AvgIpc) is 2.32. The first kappa shape index (κ1) is 13.0. The number of aliphatic hydroxyl groups is 1. The summed E-state index contributed by atoms with van der Waals surface area (Å²) in [5.74, 6) is 0. The van der Waals surface area contributed by atoms with Gasteiger partial charge in [-0.15, -0.1) is 0 Å². The molecule has 1 fully saturated rings. The van der Waals surface area contributed by atoms with Crippen molar-refractivity contribution < 1.29 is 5.11 Å². The molecule has 16 heavy (non-hydrogen) atoms. The summed E-state index contributed by atoms with van der Waals surface area (Å²) in [5.41, 5.74) is 2.34. The van der Waals surface area contributed by atoms with Gasteiger partial charge in [0.05, 0.1) is 6.10 Å². The highest BCUT2D eigenvalue weighted by molar-refractivity contribution is 5.60. The van der Waals surface area contributed by atoms with Crippen molar-refractivity contribution in [1.29, 1.82) is 0 Å². The Morgan fingerprint density at radius 1 is 1.12 bits per heavy atom. The molecule has 88 valence electrons. The molecule has 1 aromatic rings. The fourth-order valence-corrected chi connectivity index (χ4v) is 1.80. The highest BCUT2D eigenvalue weighted by Crippen LogP contribution is 2.16. The summed E-state index contributed by atoms with van der Waals surface area (Å²) in [7, 11) is 0. The Morgan fingerprint density at radius 3 is 2.00 bits per heavy atom. The quantitative estimate of drug-likeness (QED) is 0.754. The Bertz CT molecular complexity index is 296. The van der Waals surface area contributed by atoms with E-state index in [-0.39, 0.29) is 6.10 Å². The summed E-state index contributed by atoms with van der Waals surface area (Å²) in [4.78, 5) is 0. The first-order chi connectivity index (χ1) is 7.70. The van der Waals surface area contributed by atoms with Crippen LogP contribution < -0.4 is 0 Å². The zero-order valence-corrected chi connectivity index (χ0v) is 10.2. The third-order valence-corrected chi connectivity index (χ3v) is 2.84. The van der Waals surface area contributed by atoms with Crippen LogP contribution in [-0.2, 0) is 0 Å². The highest BCUT2D eigenvalue weighted by Gasteiger charge is 2.07. The second kappa shape index (κ2) is 7.24. The second-order valence-corrected chi connectivity index (χ2v) is 4.44. The van der Waals surface area contributed by atoms with E-state index in [2.05, 4.69) is 18.7 Å². The zero-order chi connectivity index (χ0) is 11.8. The maximum atomic E-state index is 8.91. The summed E-state index contributed by atoms with van der Waals surface area (Å²) in [5, 5.41) is 8.91. The van der Waals surface area contributed by atoms with Crippen LogP contribution in [-0.4, -0.2) is 11.2 Å². The molecule has 0 spiro atoms. The molecule has 1 aliphatic carbocycles. The lowest BCUT2D eigenvalue weighted by atomic mass is 9.98. The predicted octanol–water partition coefficient (Wildman–Crippen LogP) is 4.03. The molecule has 0 radical (unpaired) electrons. The van der Waals surface area contributed by atoms with Gasteiger partial charge < -0.3 is 5.11 Å². The van der Waals surface area contributed by atoms with Crippen LogP contribution in [0.25, 0.3) is 5.57 Å². The van der Waals surface area contributed by atoms with E-state index in [1.807, 2.05) is 25.1 Å². The molecule has 0 bridgehead atoms. The minimum Gasteiger partial charge on any atom is -0.393 e. The molecule has 1 N–H and O–H groups in total. The first-order valence-electron chi connectivity index (χ1n) is 6.09. The molecule has 0 amide bonds. The van der Waals surface area contributed by atoms with Crippen molar-refractivity contribution in [3.63, 3.8) is 0 Å². The Balaban J connectivity index is 0.000000165. The minimum absolute atomic E-state index is 0.0359. The van der Waals surface area contributed by atoms with Crippen molar-refractivity contribution in [3.05, 3.63) is 42.5 Å². The van der Waals surface area contributed by atoms with Crippen LogP contribution in [0.3, 0.4) is 0 Å². The summed E-state index contributed by atoms with van der Waals surface area (Å²) < 4.78 is 0. The topological polar surface area (TPSA) is 20.2 Å². The Morgan fingerprint density at radius 2 is 1.69 bits per heavy atom. The van der Waals surface area contributed by atoms with E-state index in [0.717, 1.165) is 18.4 Å². The van der Waals surface area contributed by atoms with E-state index >= 15 is 0 Å². The lowest BCUT2D eigenvalue weighted by Gasteiger charge is -2.14. The number of benzene rings is 1. The van der Waals surface area contributed by atoms with Gasteiger partial charge in [0.1, 0.15) is 0 Å². The molecular formula is C15H22O. The number of rotatable bonds is 1. The standard InChI is InChI=1S/C9H10.C6H12O/c1-8(2)9-6-4-3-5-7-9;7-6-4-2-1-3-5-6/h3-7H,1H2,2H3;6-7H,1-5H2. The Hall–Kier alpha value is -1.08. The smallest absolute Gasteiger partial charge is 0.0540 e. The third kappa shape index (κ3) is 5.13. The van der Waals surface area contributed by atoms with Gasteiger partial charge in [0, 0.05) is 0 Å². The molecule has 0 saturated heterocycles. The minimum atomic E-state index is 0.0359. The lowest BCUT2D eigenvalue weighted by Crippen LogP contribution is -2.09. The second-order valence-electron chi connectivity index (χ2n) is 4.44. The summed E-state index contributed by atoms with van der Waals surface area (Å²) in [6, 6.07) is 10.2. The summed E-state index contributed by atoms with van der Waals surface area (Å²) in [6.45, 7) is 5.83. The van der Waals surface area contributed by atoms with Gasteiger partial charge in [0.2, 0.25) is 0 Å². The molecule has 1 aliphatic rings. The largest absolute Gasteiger partial charge is 0.393 e. The number of hydrogen-bond acceptors (Lipinski definition) is 1. The van der Waals surface area contributed by atoms with Gasteiger partial charge in [0.25, 0.3) is 0 Å². The maximum absolute atomic E-state index is 8.91. The monoisotopic (exact) mass is 218 g/mol. The molecule has 0 aliphatic heterocycles. The van der Waals surface area contributed by atoms with Gasteiger partial charge in [-0.25, -0.2) is 0 Å². The van der Waals surface area contributed by atoms with Crippen LogP contribution in [0.1, 0.15) is 44.6 Å². The van der Waals surface area contributed by atoms with Gasteiger partial charge in [-0.05, 0) is 25.3 Å². The maximum Gasteiger partial charge on any atom is 0.0540 e. The SMILES string of the molecule is C=C(C)c1ccccc1.OC1CCCCC1. The van der Waals surface area contributed by atoms with Crippen LogP contribution in [0.15, 0.2) is 36.9 Å². The van der Waals surface area contributed by atoms with Gasteiger partial charge in [-0.3, -0.25) is 0 Å².